The Morgan fingerprint density at radius 2 is 2.05 bits per heavy atom. The van der Waals surface area contributed by atoms with Crippen LogP contribution in [0, 0.1) is 5.41 Å². The van der Waals surface area contributed by atoms with Crippen molar-refractivity contribution < 1.29 is 14.6 Å². The summed E-state index contributed by atoms with van der Waals surface area (Å²) in [6.07, 6.45) is 2.46. The SMILES string of the molecule is CCC(CC)(CCO)CNC(=O)Nc1ccc(OC)cc1Cl. The molecule has 0 heterocycles. The standard InChI is InChI=1S/C16H25ClN2O3/c1-4-16(5-2,8-9-20)11-18-15(21)19-14-7-6-12(22-3)10-13(14)17/h6-7,10,20H,4-5,8-9,11H2,1-3H3,(H2,18,19,21). The van der Waals surface area contributed by atoms with Gasteiger partial charge in [0.15, 0.2) is 0 Å². The molecular formula is C16H25ClN2O3. The molecule has 0 spiro atoms. The normalized spacial score (nSPS) is 11.1. The first-order valence-electron chi connectivity index (χ1n) is 7.49. The van der Waals surface area contributed by atoms with Gasteiger partial charge in [0.05, 0.1) is 17.8 Å². The molecule has 0 unspecified atom stereocenters. The summed E-state index contributed by atoms with van der Waals surface area (Å²) < 4.78 is 5.07. The van der Waals surface area contributed by atoms with Crippen molar-refractivity contribution in [2.45, 2.75) is 33.1 Å². The summed E-state index contributed by atoms with van der Waals surface area (Å²) in [6, 6.07) is 4.76. The molecular weight excluding hydrogens is 304 g/mol. The van der Waals surface area contributed by atoms with E-state index in [9.17, 15) is 9.90 Å². The highest BCUT2D eigenvalue weighted by molar-refractivity contribution is 6.33. The second kappa shape index (κ2) is 8.86. The van der Waals surface area contributed by atoms with Crippen LogP contribution in [-0.4, -0.2) is 31.4 Å². The van der Waals surface area contributed by atoms with Gasteiger partial charge >= 0.3 is 6.03 Å². The van der Waals surface area contributed by atoms with Gasteiger partial charge in [-0.2, -0.15) is 0 Å². The van der Waals surface area contributed by atoms with Crippen molar-refractivity contribution in [3.05, 3.63) is 23.2 Å². The average molecular weight is 329 g/mol. The summed E-state index contributed by atoms with van der Waals surface area (Å²) in [5.74, 6) is 0.634. The number of urea groups is 1. The quantitative estimate of drug-likeness (QED) is 0.682. The third-order valence-corrected chi connectivity index (χ3v) is 4.50. The van der Waals surface area contributed by atoms with Crippen LogP contribution >= 0.6 is 11.6 Å². The number of hydrogen-bond acceptors (Lipinski definition) is 3. The molecule has 0 atom stereocenters. The van der Waals surface area contributed by atoms with E-state index in [2.05, 4.69) is 24.5 Å². The lowest BCUT2D eigenvalue weighted by atomic mass is 9.79. The van der Waals surface area contributed by atoms with Gasteiger partial charge in [0.1, 0.15) is 5.75 Å². The summed E-state index contributed by atoms with van der Waals surface area (Å²) in [6.45, 7) is 4.77. The molecule has 6 heteroatoms. The minimum absolute atomic E-state index is 0.0736. The number of amides is 2. The first kappa shape index (κ1) is 18.6. The Labute approximate surface area is 137 Å². The van der Waals surface area contributed by atoms with Gasteiger partial charge in [-0.05, 0) is 36.8 Å². The van der Waals surface area contributed by atoms with E-state index in [0.717, 1.165) is 12.8 Å². The Morgan fingerprint density at radius 1 is 1.36 bits per heavy atom. The highest BCUT2D eigenvalue weighted by Gasteiger charge is 2.26. The van der Waals surface area contributed by atoms with E-state index < -0.39 is 0 Å². The van der Waals surface area contributed by atoms with Gasteiger partial charge in [-0.3, -0.25) is 0 Å². The van der Waals surface area contributed by atoms with Gasteiger partial charge in [0, 0.05) is 19.2 Å². The summed E-state index contributed by atoms with van der Waals surface area (Å²) in [5.41, 5.74) is 0.455. The molecule has 1 aromatic carbocycles. The van der Waals surface area contributed by atoms with Crippen LogP contribution in [0.4, 0.5) is 10.5 Å². The third kappa shape index (κ3) is 5.07. The molecule has 0 aliphatic heterocycles. The van der Waals surface area contributed by atoms with Crippen LogP contribution < -0.4 is 15.4 Å². The molecule has 1 rings (SSSR count). The van der Waals surface area contributed by atoms with Gasteiger partial charge in [0.2, 0.25) is 0 Å². The minimum atomic E-state index is -0.309. The maximum absolute atomic E-state index is 12.0. The number of nitrogens with one attached hydrogen (secondary N) is 2. The van der Waals surface area contributed by atoms with Crippen molar-refractivity contribution in [1.29, 1.82) is 0 Å². The zero-order chi connectivity index (χ0) is 16.6. The number of benzene rings is 1. The smallest absolute Gasteiger partial charge is 0.319 e. The van der Waals surface area contributed by atoms with Crippen molar-refractivity contribution in [2.24, 2.45) is 5.41 Å². The molecule has 0 radical (unpaired) electrons. The zero-order valence-corrected chi connectivity index (χ0v) is 14.2. The van der Waals surface area contributed by atoms with Crippen LogP contribution in [0.15, 0.2) is 18.2 Å². The van der Waals surface area contributed by atoms with Crippen molar-refractivity contribution in [2.75, 3.05) is 25.6 Å². The first-order chi connectivity index (χ1) is 10.5. The first-order valence-corrected chi connectivity index (χ1v) is 7.87. The molecule has 0 saturated carbocycles. The highest BCUT2D eigenvalue weighted by Crippen LogP contribution is 2.30. The fourth-order valence-electron chi connectivity index (χ4n) is 2.34. The van der Waals surface area contributed by atoms with Crippen LogP contribution in [0.2, 0.25) is 5.02 Å². The lowest BCUT2D eigenvalue weighted by Crippen LogP contribution is -2.39. The molecule has 124 valence electrons. The summed E-state index contributed by atoms with van der Waals surface area (Å²) >= 11 is 6.09. The largest absolute Gasteiger partial charge is 0.497 e. The van der Waals surface area contributed by atoms with E-state index in [1.165, 1.54) is 0 Å². The monoisotopic (exact) mass is 328 g/mol. The molecule has 3 N–H and O–H groups in total. The van der Waals surface area contributed by atoms with Crippen LogP contribution in [0.1, 0.15) is 33.1 Å². The maximum atomic E-state index is 12.0. The van der Waals surface area contributed by atoms with Crippen LogP contribution in [-0.2, 0) is 0 Å². The van der Waals surface area contributed by atoms with Gasteiger partial charge in [0.25, 0.3) is 0 Å². The molecule has 0 fully saturated rings. The molecule has 0 bridgehead atoms. The topological polar surface area (TPSA) is 70.6 Å². The molecule has 0 aliphatic carbocycles. The fraction of sp³-hybridized carbons (Fsp3) is 0.562. The Bertz CT molecular complexity index is 490. The van der Waals surface area contributed by atoms with E-state index >= 15 is 0 Å². The maximum Gasteiger partial charge on any atom is 0.319 e. The number of aliphatic hydroxyl groups is 1. The summed E-state index contributed by atoms with van der Waals surface area (Å²) in [4.78, 5) is 12.0. The Morgan fingerprint density at radius 3 is 2.55 bits per heavy atom. The number of anilines is 1. The average Bonchev–Trinajstić information content (AvgIpc) is 2.53. The number of hydrogen-bond donors (Lipinski definition) is 3. The van der Waals surface area contributed by atoms with E-state index in [1.54, 1.807) is 25.3 Å². The number of carbonyl (C=O) groups is 1. The predicted molar refractivity (Wildman–Crippen MR) is 89.7 cm³/mol. The number of ether oxygens (including phenoxy) is 1. The zero-order valence-electron chi connectivity index (χ0n) is 13.4. The van der Waals surface area contributed by atoms with Crippen LogP contribution in [0.3, 0.4) is 0 Å². The van der Waals surface area contributed by atoms with Crippen LogP contribution in [0.25, 0.3) is 0 Å². The van der Waals surface area contributed by atoms with E-state index in [1.807, 2.05) is 0 Å². The number of carbonyl (C=O) groups excluding carboxylic acids is 1. The second-order valence-electron chi connectivity index (χ2n) is 5.33. The number of halogens is 1. The van der Waals surface area contributed by atoms with E-state index in [4.69, 9.17) is 16.3 Å². The van der Waals surface area contributed by atoms with Gasteiger partial charge < -0.3 is 20.5 Å². The molecule has 22 heavy (non-hydrogen) atoms. The number of aliphatic hydroxyl groups excluding tert-OH is 1. The number of rotatable bonds is 8. The van der Waals surface area contributed by atoms with Gasteiger partial charge in [-0.25, -0.2) is 4.79 Å². The summed E-state index contributed by atoms with van der Waals surface area (Å²) in [5, 5.41) is 15.2. The molecule has 0 aliphatic rings. The van der Waals surface area contributed by atoms with Gasteiger partial charge in [-0.1, -0.05) is 25.4 Å². The molecule has 5 nitrogen and oxygen atoms in total. The lowest BCUT2D eigenvalue weighted by Gasteiger charge is -2.31. The minimum Gasteiger partial charge on any atom is -0.497 e. The van der Waals surface area contributed by atoms with E-state index in [-0.39, 0.29) is 18.1 Å². The van der Waals surface area contributed by atoms with Gasteiger partial charge in [-0.15, -0.1) is 0 Å². The second-order valence-corrected chi connectivity index (χ2v) is 5.74. The van der Waals surface area contributed by atoms with Crippen molar-refractivity contribution in [1.82, 2.24) is 5.32 Å². The predicted octanol–water partition coefficient (Wildman–Crippen LogP) is 3.66. The Hall–Kier alpha value is -1.46. The Balaban J connectivity index is 2.62. The van der Waals surface area contributed by atoms with Crippen molar-refractivity contribution in [3.63, 3.8) is 0 Å². The molecule has 2 amide bonds. The highest BCUT2D eigenvalue weighted by atomic mass is 35.5. The third-order valence-electron chi connectivity index (χ3n) is 4.19. The molecule has 0 saturated heterocycles. The molecule has 1 aromatic rings. The lowest BCUT2D eigenvalue weighted by molar-refractivity contribution is 0.165. The van der Waals surface area contributed by atoms with Crippen LogP contribution in [0.5, 0.6) is 5.75 Å². The van der Waals surface area contributed by atoms with Crippen molar-refractivity contribution in [3.8, 4) is 5.75 Å². The summed E-state index contributed by atoms with van der Waals surface area (Å²) in [7, 11) is 1.56. The van der Waals surface area contributed by atoms with E-state index in [0.29, 0.717) is 29.4 Å². The molecule has 0 aromatic heterocycles. The number of methoxy groups -OCH3 is 1. The Kier molecular flexibility index (Phi) is 7.48. The van der Waals surface area contributed by atoms with Crippen molar-refractivity contribution >= 4 is 23.3 Å². The fourth-order valence-corrected chi connectivity index (χ4v) is 2.56.